The first-order valence-corrected chi connectivity index (χ1v) is 15.9. The monoisotopic (exact) mass is 540 g/mol. The summed E-state index contributed by atoms with van der Waals surface area (Å²) in [5.74, 6) is 6.88. The number of allylic oxidation sites excluding steroid dienone is 3. The minimum atomic E-state index is -1.02. The molecule has 0 radical (unpaired) electrons. The molecule has 4 saturated carbocycles. The molecule has 4 fully saturated rings. The highest BCUT2D eigenvalue weighted by Crippen LogP contribution is 2.68. The lowest BCUT2D eigenvalue weighted by Crippen LogP contribution is -2.53. The van der Waals surface area contributed by atoms with Gasteiger partial charge in [0.1, 0.15) is 11.9 Å². The van der Waals surface area contributed by atoms with Gasteiger partial charge in [0.15, 0.2) is 0 Å². The van der Waals surface area contributed by atoms with E-state index in [-0.39, 0.29) is 11.0 Å². The Bertz CT molecular complexity index is 942. The molecule has 5 aliphatic rings. The lowest BCUT2D eigenvalue weighted by Gasteiger charge is -2.61. The fourth-order valence-electron chi connectivity index (χ4n) is 10.2. The van der Waals surface area contributed by atoms with E-state index in [1.165, 1.54) is 44.3 Å². The van der Waals surface area contributed by atoms with Crippen molar-refractivity contribution in [3.63, 3.8) is 0 Å². The maximum absolute atomic E-state index is 10.4. The molecule has 5 aliphatic carbocycles. The fraction of sp³-hybridized carbons (Fsp3) is 0.800. The Labute approximate surface area is 238 Å². The number of carbonyl (C=O) groups is 1. The smallest absolute Gasteiger partial charge is 0.315 e. The quantitative estimate of drug-likeness (QED) is 0.344. The van der Waals surface area contributed by atoms with Crippen LogP contribution in [0.15, 0.2) is 29.9 Å². The van der Waals surface area contributed by atoms with Gasteiger partial charge in [-0.3, -0.25) is 4.79 Å². The van der Waals surface area contributed by atoms with Crippen LogP contribution < -0.4 is 0 Å². The van der Waals surface area contributed by atoms with E-state index >= 15 is 0 Å². The van der Waals surface area contributed by atoms with E-state index in [1.807, 2.05) is 0 Å². The Balaban J connectivity index is 0.000000297. The summed E-state index contributed by atoms with van der Waals surface area (Å²) in [6.07, 6.45) is 26.0. The number of carboxylic acids is 1. The third-order valence-electron chi connectivity index (χ3n) is 12.2. The minimum Gasteiger partial charge on any atom is -0.481 e. The number of carboxylic acid groups (broad SMARTS) is 1. The number of aliphatic carboxylic acids is 1. The van der Waals surface area contributed by atoms with Crippen molar-refractivity contribution < 1.29 is 20.2 Å². The number of fused-ring (bicyclic) bond motifs is 5. The van der Waals surface area contributed by atoms with Gasteiger partial charge in [0.25, 0.3) is 0 Å². The number of rotatable bonds is 6. The zero-order chi connectivity index (χ0) is 27.5. The maximum Gasteiger partial charge on any atom is 0.315 e. The van der Waals surface area contributed by atoms with Gasteiger partial charge in [-0.05, 0) is 110 Å². The van der Waals surface area contributed by atoms with Gasteiger partial charge in [-0.25, -0.2) is 4.79 Å². The summed E-state index contributed by atoms with van der Waals surface area (Å²) in [7, 11) is 0. The van der Waals surface area contributed by atoms with Crippen LogP contribution in [0.4, 0.5) is 0 Å². The Morgan fingerprint density at radius 1 is 0.949 bits per heavy atom. The van der Waals surface area contributed by atoms with Crippen LogP contribution in [0.5, 0.6) is 0 Å². The summed E-state index contributed by atoms with van der Waals surface area (Å²) in [5.41, 5.74) is 1.56. The molecule has 5 rings (SSSR count). The average molecular weight is 541 g/mol. The summed E-state index contributed by atoms with van der Waals surface area (Å²) in [6.45, 7) is 12.9. The van der Waals surface area contributed by atoms with Crippen molar-refractivity contribution >= 4 is 11.9 Å². The van der Waals surface area contributed by atoms with E-state index in [4.69, 9.17) is 5.11 Å². The maximum atomic E-state index is 10.4. The Kier molecular flexibility index (Phi) is 10.9. The second kappa shape index (κ2) is 13.3. The van der Waals surface area contributed by atoms with E-state index in [0.717, 1.165) is 41.4 Å². The van der Waals surface area contributed by atoms with Crippen molar-refractivity contribution in [2.75, 3.05) is 0 Å². The molecule has 3 N–H and O–H groups in total. The van der Waals surface area contributed by atoms with E-state index in [0.29, 0.717) is 10.8 Å². The van der Waals surface area contributed by atoms with Crippen molar-refractivity contribution in [1.29, 1.82) is 0 Å². The van der Waals surface area contributed by atoms with Crippen LogP contribution >= 0.6 is 0 Å². The summed E-state index contributed by atoms with van der Waals surface area (Å²) >= 11 is 0. The number of carbonyl (C=O) groups excluding carboxylic acids is 1. The van der Waals surface area contributed by atoms with Gasteiger partial charge in [0.2, 0.25) is 0 Å². The average Bonchev–Trinajstić information content (AvgIpc) is 3.25. The molecule has 0 saturated heterocycles. The zero-order valence-electron chi connectivity index (χ0n) is 25.4. The standard InChI is InChI=1S/C27H48.C8H6O3.H2O/c1-19(2)9-8-10-20(3)23-14-15-24-22-13-12-21-11-6-7-17-26(21,4)25(22)16-18-27(23,24)5;9-5-6-3-1-2-4-7(6)8(10)11;/h19-25H,6-18H2,1-5H3;1-4,7H,(H,10,11);1H2/t20?,21?,22-,23+,24-,25-,26-,27+;;/m0../s1. The molecule has 0 aliphatic heterocycles. The molecular formula is C35H56O4. The van der Waals surface area contributed by atoms with Gasteiger partial charge in [0, 0.05) is 0 Å². The molecule has 39 heavy (non-hydrogen) atoms. The topological polar surface area (TPSA) is 85.9 Å². The van der Waals surface area contributed by atoms with Gasteiger partial charge >= 0.3 is 5.97 Å². The highest BCUT2D eigenvalue weighted by atomic mass is 16.4. The third kappa shape index (κ3) is 6.48. The minimum absolute atomic E-state index is 0. The lowest BCUT2D eigenvalue weighted by molar-refractivity contribution is -0.138. The van der Waals surface area contributed by atoms with Gasteiger partial charge in [0.05, 0.1) is 5.57 Å². The molecule has 220 valence electrons. The Morgan fingerprint density at radius 2 is 1.69 bits per heavy atom. The zero-order valence-corrected chi connectivity index (χ0v) is 25.4. The predicted octanol–water partition coefficient (Wildman–Crippen LogP) is 8.24. The second-order valence-corrected chi connectivity index (χ2v) is 14.6. The molecular weight excluding hydrogens is 484 g/mol. The van der Waals surface area contributed by atoms with Crippen LogP contribution in [0.1, 0.15) is 118 Å². The molecule has 4 nitrogen and oxygen atoms in total. The Morgan fingerprint density at radius 3 is 2.36 bits per heavy atom. The highest BCUT2D eigenvalue weighted by Gasteiger charge is 2.60. The molecule has 0 amide bonds. The normalized spacial score (nSPS) is 39.3. The molecule has 0 spiro atoms. The van der Waals surface area contributed by atoms with Gasteiger partial charge in [-0.15, -0.1) is 0 Å². The van der Waals surface area contributed by atoms with Gasteiger partial charge < -0.3 is 10.6 Å². The molecule has 0 heterocycles. The van der Waals surface area contributed by atoms with Crippen LogP contribution in [-0.2, 0) is 9.59 Å². The van der Waals surface area contributed by atoms with Crippen molar-refractivity contribution in [3.05, 3.63) is 29.9 Å². The van der Waals surface area contributed by atoms with Crippen LogP contribution in [0.25, 0.3) is 0 Å². The first kappa shape index (κ1) is 31.9. The SMILES string of the molecule is CC(C)CCCC(C)[C@H]1CC[C@H]2[C@@H]3CCC4CCCC[C@]4(C)[C@H]3CC[C@]12C.O.O=C=C1C=CC=CC1C(=O)O. The van der Waals surface area contributed by atoms with Crippen molar-refractivity contribution in [2.45, 2.75) is 118 Å². The first-order valence-electron chi connectivity index (χ1n) is 15.9. The van der Waals surface area contributed by atoms with E-state index in [1.54, 1.807) is 69.5 Å². The fourth-order valence-corrected chi connectivity index (χ4v) is 10.2. The number of hydrogen-bond acceptors (Lipinski definition) is 2. The van der Waals surface area contributed by atoms with E-state index in [2.05, 4.69) is 34.6 Å². The molecule has 4 heteroatoms. The second-order valence-electron chi connectivity index (χ2n) is 14.6. The number of hydrogen-bond donors (Lipinski definition) is 1. The van der Waals surface area contributed by atoms with E-state index < -0.39 is 11.9 Å². The lowest BCUT2D eigenvalue weighted by atomic mass is 9.44. The van der Waals surface area contributed by atoms with Crippen molar-refractivity contribution in [2.24, 2.45) is 58.2 Å². The van der Waals surface area contributed by atoms with Crippen LogP contribution in [-0.4, -0.2) is 22.5 Å². The highest BCUT2D eigenvalue weighted by molar-refractivity contribution is 5.82. The van der Waals surface area contributed by atoms with Crippen LogP contribution in [0.2, 0.25) is 0 Å². The molecule has 0 aromatic heterocycles. The van der Waals surface area contributed by atoms with Gasteiger partial charge in [-0.2, -0.15) is 0 Å². The molecule has 9 atom stereocenters. The first-order chi connectivity index (χ1) is 18.1. The van der Waals surface area contributed by atoms with Gasteiger partial charge in [-0.1, -0.05) is 85.0 Å². The van der Waals surface area contributed by atoms with E-state index in [9.17, 15) is 9.59 Å². The summed E-state index contributed by atoms with van der Waals surface area (Å²) < 4.78 is 0. The molecule has 3 unspecified atom stereocenters. The molecule has 0 aromatic rings. The third-order valence-corrected chi connectivity index (χ3v) is 12.2. The predicted molar refractivity (Wildman–Crippen MR) is 160 cm³/mol. The molecule has 0 bridgehead atoms. The largest absolute Gasteiger partial charge is 0.481 e. The van der Waals surface area contributed by atoms with Crippen molar-refractivity contribution in [3.8, 4) is 0 Å². The van der Waals surface area contributed by atoms with Crippen LogP contribution in [0.3, 0.4) is 0 Å². The van der Waals surface area contributed by atoms with Crippen molar-refractivity contribution in [1.82, 2.24) is 0 Å². The summed E-state index contributed by atoms with van der Waals surface area (Å²) in [5, 5.41) is 8.55. The van der Waals surface area contributed by atoms with Crippen LogP contribution in [0, 0.1) is 58.2 Å². The molecule has 0 aromatic carbocycles. The summed E-state index contributed by atoms with van der Waals surface area (Å²) in [6, 6.07) is 0. The Hall–Kier alpha value is -1.64. The summed E-state index contributed by atoms with van der Waals surface area (Å²) in [4.78, 5) is 20.6.